The van der Waals surface area contributed by atoms with E-state index >= 15 is 0 Å². The minimum Gasteiger partial charge on any atom is -0.478 e. The number of benzene rings is 1. The lowest BCUT2D eigenvalue weighted by Crippen LogP contribution is -2.07. The highest BCUT2D eigenvalue weighted by Crippen LogP contribution is 2.27. The highest BCUT2D eigenvalue weighted by atomic mass is 32.2. The van der Waals surface area contributed by atoms with Gasteiger partial charge in [-0.2, -0.15) is 0 Å². The molecule has 2 aromatic rings. The standard InChI is InChI=1S/C12H12N2O2S2/c1-17-10-4-2-3-9(11(10)12(15)16)13-5-8-6-18-7-14-8/h2-4,6-7,13H,5H2,1H3,(H,15,16). The van der Waals surface area contributed by atoms with Crippen LogP contribution in [-0.4, -0.2) is 22.3 Å². The zero-order valence-corrected chi connectivity index (χ0v) is 11.3. The van der Waals surface area contributed by atoms with Crippen molar-refractivity contribution < 1.29 is 9.90 Å². The van der Waals surface area contributed by atoms with Crippen LogP contribution in [0.4, 0.5) is 5.69 Å². The zero-order chi connectivity index (χ0) is 13.0. The molecule has 1 aromatic carbocycles. The van der Waals surface area contributed by atoms with Gasteiger partial charge in [0.25, 0.3) is 0 Å². The highest BCUT2D eigenvalue weighted by Gasteiger charge is 2.14. The molecule has 0 saturated heterocycles. The minimum atomic E-state index is -0.916. The van der Waals surface area contributed by atoms with Gasteiger partial charge in [-0.05, 0) is 18.4 Å². The number of thioether (sulfide) groups is 1. The molecule has 2 rings (SSSR count). The van der Waals surface area contributed by atoms with Gasteiger partial charge in [-0.15, -0.1) is 23.1 Å². The maximum absolute atomic E-state index is 11.3. The van der Waals surface area contributed by atoms with Crippen molar-refractivity contribution in [3.63, 3.8) is 0 Å². The van der Waals surface area contributed by atoms with Crippen molar-refractivity contribution in [3.8, 4) is 0 Å². The van der Waals surface area contributed by atoms with Gasteiger partial charge in [-0.1, -0.05) is 6.07 Å². The van der Waals surface area contributed by atoms with Gasteiger partial charge in [0, 0.05) is 10.3 Å². The van der Waals surface area contributed by atoms with E-state index in [-0.39, 0.29) is 0 Å². The largest absolute Gasteiger partial charge is 0.478 e. The number of hydrogen-bond acceptors (Lipinski definition) is 5. The van der Waals surface area contributed by atoms with E-state index in [0.29, 0.717) is 17.8 Å². The first-order valence-electron chi connectivity index (χ1n) is 5.23. The lowest BCUT2D eigenvalue weighted by atomic mass is 10.1. The molecule has 0 bridgehead atoms. The molecule has 0 aliphatic carbocycles. The van der Waals surface area contributed by atoms with E-state index in [2.05, 4.69) is 10.3 Å². The normalized spacial score (nSPS) is 10.3. The summed E-state index contributed by atoms with van der Waals surface area (Å²) in [7, 11) is 0. The summed E-state index contributed by atoms with van der Waals surface area (Å²) in [6.45, 7) is 0.529. The van der Waals surface area contributed by atoms with E-state index in [4.69, 9.17) is 0 Å². The lowest BCUT2D eigenvalue weighted by Gasteiger charge is -2.11. The second-order valence-corrected chi connectivity index (χ2v) is 5.09. The summed E-state index contributed by atoms with van der Waals surface area (Å²) in [6.07, 6.45) is 1.87. The molecule has 0 aliphatic heterocycles. The number of carbonyl (C=O) groups is 1. The number of rotatable bonds is 5. The average molecular weight is 280 g/mol. The van der Waals surface area contributed by atoms with E-state index in [1.54, 1.807) is 11.6 Å². The Morgan fingerprint density at radius 3 is 3.00 bits per heavy atom. The molecule has 0 unspecified atom stereocenters. The molecule has 0 atom stereocenters. The molecule has 0 fully saturated rings. The number of hydrogen-bond donors (Lipinski definition) is 2. The van der Waals surface area contributed by atoms with E-state index < -0.39 is 5.97 Å². The molecule has 0 amide bonds. The minimum absolute atomic E-state index is 0.320. The Labute approximate surface area is 113 Å². The van der Waals surface area contributed by atoms with Gasteiger partial charge in [-0.25, -0.2) is 9.78 Å². The van der Waals surface area contributed by atoms with E-state index in [0.717, 1.165) is 10.6 Å². The summed E-state index contributed by atoms with van der Waals surface area (Å²) in [5.74, 6) is -0.916. The second-order valence-electron chi connectivity index (χ2n) is 3.52. The molecule has 1 aromatic heterocycles. The fourth-order valence-electron chi connectivity index (χ4n) is 1.58. The van der Waals surface area contributed by atoms with Crippen LogP contribution in [0, 0.1) is 0 Å². The first kappa shape index (κ1) is 12.9. The summed E-state index contributed by atoms with van der Waals surface area (Å²) in [5.41, 5.74) is 3.61. The van der Waals surface area contributed by atoms with Crippen LogP contribution in [0.25, 0.3) is 0 Å². The Balaban J connectivity index is 2.24. The Kier molecular flexibility index (Phi) is 4.22. The summed E-state index contributed by atoms with van der Waals surface area (Å²) in [5, 5.41) is 14.3. The van der Waals surface area contributed by atoms with Gasteiger partial charge in [0.05, 0.1) is 29.0 Å². The Morgan fingerprint density at radius 1 is 1.56 bits per heavy atom. The van der Waals surface area contributed by atoms with Gasteiger partial charge in [0.2, 0.25) is 0 Å². The van der Waals surface area contributed by atoms with Gasteiger partial charge < -0.3 is 10.4 Å². The van der Waals surface area contributed by atoms with Crippen molar-refractivity contribution >= 4 is 34.8 Å². The van der Waals surface area contributed by atoms with Crippen LogP contribution >= 0.6 is 23.1 Å². The first-order valence-corrected chi connectivity index (χ1v) is 7.40. The Bertz CT molecular complexity index is 541. The lowest BCUT2D eigenvalue weighted by molar-refractivity contribution is 0.0694. The molecule has 4 nitrogen and oxygen atoms in total. The maximum Gasteiger partial charge on any atom is 0.338 e. The smallest absolute Gasteiger partial charge is 0.338 e. The number of anilines is 1. The Morgan fingerprint density at radius 2 is 2.39 bits per heavy atom. The number of carboxylic acid groups (broad SMARTS) is 1. The van der Waals surface area contributed by atoms with Crippen LogP contribution in [0.5, 0.6) is 0 Å². The van der Waals surface area contributed by atoms with Crippen molar-refractivity contribution in [2.75, 3.05) is 11.6 Å². The van der Waals surface area contributed by atoms with Crippen molar-refractivity contribution in [2.45, 2.75) is 11.4 Å². The second kappa shape index (κ2) is 5.88. The maximum atomic E-state index is 11.3. The van der Waals surface area contributed by atoms with Crippen LogP contribution in [0.2, 0.25) is 0 Å². The SMILES string of the molecule is CSc1cccc(NCc2cscn2)c1C(=O)O. The molecule has 0 aliphatic rings. The molecule has 0 radical (unpaired) electrons. The van der Waals surface area contributed by atoms with Gasteiger partial charge in [-0.3, -0.25) is 0 Å². The van der Waals surface area contributed by atoms with E-state index in [9.17, 15) is 9.90 Å². The molecule has 0 saturated carbocycles. The highest BCUT2D eigenvalue weighted by molar-refractivity contribution is 7.98. The van der Waals surface area contributed by atoms with E-state index in [1.165, 1.54) is 23.1 Å². The summed E-state index contributed by atoms with van der Waals surface area (Å²) in [4.78, 5) is 16.2. The molecular formula is C12H12N2O2S2. The predicted octanol–water partition coefficient (Wildman–Crippen LogP) is 3.18. The summed E-state index contributed by atoms with van der Waals surface area (Å²) >= 11 is 2.95. The number of aromatic nitrogens is 1. The van der Waals surface area contributed by atoms with Crippen molar-refractivity contribution in [2.24, 2.45) is 0 Å². The number of nitrogens with one attached hydrogen (secondary N) is 1. The Hall–Kier alpha value is -1.53. The van der Waals surface area contributed by atoms with Crippen LogP contribution in [0.1, 0.15) is 16.1 Å². The third-order valence-electron chi connectivity index (χ3n) is 2.40. The molecule has 18 heavy (non-hydrogen) atoms. The molecule has 2 N–H and O–H groups in total. The monoisotopic (exact) mass is 280 g/mol. The third-order valence-corrected chi connectivity index (χ3v) is 3.82. The van der Waals surface area contributed by atoms with Crippen molar-refractivity contribution in [1.29, 1.82) is 0 Å². The van der Waals surface area contributed by atoms with Crippen molar-refractivity contribution in [3.05, 3.63) is 40.3 Å². The fourth-order valence-corrected chi connectivity index (χ4v) is 2.75. The van der Waals surface area contributed by atoms with Gasteiger partial charge in [0.1, 0.15) is 0 Å². The van der Waals surface area contributed by atoms with Crippen LogP contribution in [0.3, 0.4) is 0 Å². The quantitative estimate of drug-likeness (QED) is 0.824. The molecular weight excluding hydrogens is 268 g/mol. The van der Waals surface area contributed by atoms with Gasteiger partial charge >= 0.3 is 5.97 Å². The topological polar surface area (TPSA) is 62.2 Å². The number of thiazole rings is 1. The summed E-state index contributed by atoms with van der Waals surface area (Å²) < 4.78 is 0. The number of nitrogens with zero attached hydrogens (tertiary/aromatic N) is 1. The molecule has 1 heterocycles. The number of carboxylic acids is 1. The predicted molar refractivity (Wildman–Crippen MR) is 74.6 cm³/mol. The van der Waals surface area contributed by atoms with Crippen LogP contribution in [-0.2, 0) is 6.54 Å². The van der Waals surface area contributed by atoms with Crippen LogP contribution < -0.4 is 5.32 Å². The average Bonchev–Trinajstić information content (AvgIpc) is 2.88. The fraction of sp³-hybridized carbons (Fsp3) is 0.167. The third kappa shape index (κ3) is 2.83. The zero-order valence-electron chi connectivity index (χ0n) is 9.71. The van der Waals surface area contributed by atoms with Crippen molar-refractivity contribution in [1.82, 2.24) is 4.98 Å². The first-order chi connectivity index (χ1) is 8.72. The van der Waals surface area contributed by atoms with Gasteiger partial charge in [0.15, 0.2) is 0 Å². The molecule has 94 valence electrons. The summed E-state index contributed by atoms with van der Waals surface area (Å²) in [6, 6.07) is 5.43. The molecule has 6 heteroatoms. The van der Waals surface area contributed by atoms with E-state index in [1.807, 2.05) is 23.8 Å². The van der Waals surface area contributed by atoms with Crippen LogP contribution in [0.15, 0.2) is 34.0 Å². The number of aromatic carboxylic acids is 1. The molecule has 0 spiro atoms.